The molecule has 21 heavy (non-hydrogen) atoms. The van der Waals surface area contributed by atoms with Crippen LogP contribution in [0.25, 0.3) is 0 Å². The molecule has 1 heterocycles. The Balaban J connectivity index is 1.71. The topological polar surface area (TPSA) is 50.7 Å². The SMILES string of the molecule is CNC(Cc1ccc(O)cc1)C1COc2ccccc2O1. The van der Waals surface area contributed by atoms with Crippen LogP contribution in [0.1, 0.15) is 5.56 Å². The molecule has 2 unspecified atom stereocenters. The van der Waals surface area contributed by atoms with E-state index in [-0.39, 0.29) is 17.9 Å². The molecule has 2 N–H and O–H groups in total. The third-order valence-electron chi connectivity index (χ3n) is 3.74. The van der Waals surface area contributed by atoms with Crippen molar-refractivity contribution in [1.29, 1.82) is 0 Å². The highest BCUT2D eigenvalue weighted by atomic mass is 16.6. The predicted octanol–water partition coefficient (Wildman–Crippen LogP) is 2.36. The molecule has 0 amide bonds. The third kappa shape index (κ3) is 3.11. The molecular weight excluding hydrogens is 266 g/mol. The van der Waals surface area contributed by atoms with E-state index in [0.717, 1.165) is 23.5 Å². The van der Waals surface area contributed by atoms with Crippen molar-refractivity contribution in [2.75, 3.05) is 13.7 Å². The van der Waals surface area contributed by atoms with Gasteiger partial charge in [-0.3, -0.25) is 0 Å². The molecule has 110 valence electrons. The molecule has 2 aromatic rings. The number of likely N-dealkylation sites (N-methyl/N-ethyl adjacent to an activating group) is 1. The van der Waals surface area contributed by atoms with E-state index in [4.69, 9.17) is 9.47 Å². The summed E-state index contributed by atoms with van der Waals surface area (Å²) >= 11 is 0. The second-order valence-electron chi connectivity index (χ2n) is 5.18. The van der Waals surface area contributed by atoms with Gasteiger partial charge in [0.25, 0.3) is 0 Å². The first-order chi connectivity index (χ1) is 10.3. The Morgan fingerprint density at radius 1 is 1.14 bits per heavy atom. The summed E-state index contributed by atoms with van der Waals surface area (Å²) in [6.07, 6.45) is 0.770. The van der Waals surface area contributed by atoms with Crippen molar-refractivity contribution >= 4 is 0 Å². The van der Waals surface area contributed by atoms with Crippen LogP contribution < -0.4 is 14.8 Å². The molecule has 0 saturated heterocycles. The van der Waals surface area contributed by atoms with Crippen LogP contribution in [0, 0.1) is 0 Å². The highest BCUT2D eigenvalue weighted by Crippen LogP contribution is 2.32. The largest absolute Gasteiger partial charge is 0.508 e. The van der Waals surface area contributed by atoms with Crippen molar-refractivity contribution in [3.8, 4) is 17.2 Å². The van der Waals surface area contributed by atoms with Gasteiger partial charge in [-0.1, -0.05) is 24.3 Å². The zero-order chi connectivity index (χ0) is 14.7. The van der Waals surface area contributed by atoms with Crippen LogP contribution in [-0.2, 0) is 6.42 Å². The van der Waals surface area contributed by atoms with E-state index in [1.54, 1.807) is 12.1 Å². The number of hydrogen-bond donors (Lipinski definition) is 2. The van der Waals surface area contributed by atoms with E-state index >= 15 is 0 Å². The molecule has 0 fully saturated rings. The number of benzene rings is 2. The predicted molar refractivity (Wildman–Crippen MR) is 81.0 cm³/mol. The highest BCUT2D eigenvalue weighted by Gasteiger charge is 2.27. The fraction of sp³-hybridized carbons (Fsp3) is 0.294. The molecule has 2 atom stereocenters. The monoisotopic (exact) mass is 285 g/mol. The maximum absolute atomic E-state index is 9.35. The minimum absolute atomic E-state index is 0.0429. The Kier molecular flexibility index (Phi) is 3.97. The molecule has 0 aromatic heterocycles. The second-order valence-corrected chi connectivity index (χ2v) is 5.18. The summed E-state index contributed by atoms with van der Waals surface area (Å²) in [6, 6.07) is 15.1. The van der Waals surface area contributed by atoms with E-state index < -0.39 is 0 Å². The van der Waals surface area contributed by atoms with E-state index in [9.17, 15) is 5.11 Å². The summed E-state index contributed by atoms with van der Waals surface area (Å²) in [4.78, 5) is 0. The molecule has 0 saturated carbocycles. The number of hydrogen-bond acceptors (Lipinski definition) is 4. The molecular formula is C17H19NO3. The first kappa shape index (κ1) is 13.8. The summed E-state index contributed by atoms with van der Waals surface area (Å²) in [5, 5.41) is 12.6. The molecule has 0 radical (unpaired) electrons. The van der Waals surface area contributed by atoms with Crippen LogP contribution in [0.15, 0.2) is 48.5 Å². The number of aromatic hydroxyl groups is 1. The first-order valence-electron chi connectivity index (χ1n) is 7.10. The zero-order valence-corrected chi connectivity index (χ0v) is 12.0. The van der Waals surface area contributed by atoms with Crippen molar-refractivity contribution in [1.82, 2.24) is 5.32 Å². The Morgan fingerprint density at radius 2 is 1.86 bits per heavy atom. The average molecular weight is 285 g/mol. The quantitative estimate of drug-likeness (QED) is 0.905. The van der Waals surface area contributed by atoms with Crippen molar-refractivity contribution in [3.05, 3.63) is 54.1 Å². The molecule has 0 spiro atoms. The minimum Gasteiger partial charge on any atom is -0.508 e. The van der Waals surface area contributed by atoms with Gasteiger partial charge in [0.05, 0.1) is 6.04 Å². The number of phenols is 1. The van der Waals surface area contributed by atoms with Crippen LogP contribution in [0.5, 0.6) is 17.2 Å². The van der Waals surface area contributed by atoms with E-state index in [2.05, 4.69) is 5.32 Å². The summed E-state index contributed by atoms with van der Waals surface area (Å²) in [5.41, 5.74) is 1.15. The molecule has 1 aliphatic heterocycles. The number of para-hydroxylation sites is 2. The van der Waals surface area contributed by atoms with Gasteiger partial charge in [-0.15, -0.1) is 0 Å². The van der Waals surface area contributed by atoms with Crippen molar-refractivity contribution in [2.24, 2.45) is 0 Å². The van der Waals surface area contributed by atoms with E-state index in [1.807, 2.05) is 43.4 Å². The lowest BCUT2D eigenvalue weighted by molar-refractivity contribution is 0.0641. The number of ether oxygens (including phenoxy) is 2. The molecule has 0 bridgehead atoms. The molecule has 1 aliphatic rings. The van der Waals surface area contributed by atoms with Gasteiger partial charge in [-0.05, 0) is 43.3 Å². The molecule has 4 nitrogen and oxygen atoms in total. The third-order valence-corrected chi connectivity index (χ3v) is 3.74. The van der Waals surface area contributed by atoms with Crippen molar-refractivity contribution in [2.45, 2.75) is 18.6 Å². The summed E-state index contributed by atoms with van der Waals surface area (Å²) < 4.78 is 11.8. The summed E-state index contributed by atoms with van der Waals surface area (Å²) in [5.74, 6) is 1.87. The lowest BCUT2D eigenvalue weighted by atomic mass is 10.0. The Bertz CT molecular complexity index is 597. The average Bonchev–Trinajstić information content (AvgIpc) is 2.54. The number of nitrogens with one attached hydrogen (secondary N) is 1. The van der Waals surface area contributed by atoms with Crippen molar-refractivity contribution < 1.29 is 14.6 Å². The van der Waals surface area contributed by atoms with Gasteiger partial charge >= 0.3 is 0 Å². The fourth-order valence-corrected chi connectivity index (χ4v) is 2.54. The smallest absolute Gasteiger partial charge is 0.161 e. The second kappa shape index (κ2) is 6.06. The van der Waals surface area contributed by atoms with Crippen LogP contribution in [0.3, 0.4) is 0 Å². The standard InChI is InChI=1S/C17H19NO3/c1-18-14(10-12-6-8-13(19)9-7-12)17-11-20-15-4-2-3-5-16(15)21-17/h2-9,14,17-19H,10-11H2,1H3. The Hall–Kier alpha value is -2.20. The molecule has 4 heteroatoms. The normalized spacial score (nSPS) is 18.2. The Morgan fingerprint density at radius 3 is 2.57 bits per heavy atom. The van der Waals surface area contributed by atoms with Gasteiger partial charge in [0, 0.05) is 0 Å². The number of fused-ring (bicyclic) bond motifs is 1. The van der Waals surface area contributed by atoms with Gasteiger partial charge in [0.15, 0.2) is 11.5 Å². The van der Waals surface area contributed by atoms with Gasteiger partial charge in [-0.2, -0.15) is 0 Å². The number of rotatable bonds is 4. The minimum atomic E-state index is -0.0429. The van der Waals surface area contributed by atoms with Gasteiger partial charge in [0.1, 0.15) is 18.5 Å². The molecule has 0 aliphatic carbocycles. The van der Waals surface area contributed by atoms with E-state index in [1.165, 1.54) is 0 Å². The van der Waals surface area contributed by atoms with E-state index in [0.29, 0.717) is 6.61 Å². The summed E-state index contributed by atoms with van der Waals surface area (Å²) in [6.45, 7) is 0.528. The van der Waals surface area contributed by atoms with Crippen LogP contribution in [-0.4, -0.2) is 30.9 Å². The lowest BCUT2D eigenvalue weighted by Crippen LogP contribution is -2.47. The lowest BCUT2D eigenvalue weighted by Gasteiger charge is -2.32. The van der Waals surface area contributed by atoms with Crippen LogP contribution >= 0.6 is 0 Å². The zero-order valence-electron chi connectivity index (χ0n) is 12.0. The maximum atomic E-state index is 9.35. The van der Waals surface area contributed by atoms with Crippen LogP contribution in [0.4, 0.5) is 0 Å². The maximum Gasteiger partial charge on any atom is 0.161 e. The first-order valence-corrected chi connectivity index (χ1v) is 7.10. The summed E-state index contributed by atoms with van der Waals surface area (Å²) in [7, 11) is 1.93. The highest BCUT2D eigenvalue weighted by molar-refractivity contribution is 5.41. The molecule has 3 rings (SSSR count). The fourth-order valence-electron chi connectivity index (χ4n) is 2.54. The van der Waals surface area contributed by atoms with Gasteiger partial charge < -0.3 is 19.9 Å². The Labute approximate surface area is 124 Å². The molecule has 2 aromatic carbocycles. The van der Waals surface area contributed by atoms with Gasteiger partial charge in [-0.25, -0.2) is 0 Å². The van der Waals surface area contributed by atoms with Crippen molar-refractivity contribution in [3.63, 3.8) is 0 Å². The van der Waals surface area contributed by atoms with Crippen LogP contribution in [0.2, 0.25) is 0 Å². The van der Waals surface area contributed by atoms with Gasteiger partial charge in [0.2, 0.25) is 0 Å². The number of phenolic OH excluding ortho intramolecular Hbond substituents is 1.